The summed E-state index contributed by atoms with van der Waals surface area (Å²) in [6, 6.07) is 1.70. The first-order valence-electron chi connectivity index (χ1n) is 9.72. The van der Waals surface area contributed by atoms with Gasteiger partial charge in [-0.1, -0.05) is 0 Å². The molecule has 2 aliphatic heterocycles. The van der Waals surface area contributed by atoms with Gasteiger partial charge in [0.15, 0.2) is 5.82 Å². The van der Waals surface area contributed by atoms with Crippen LogP contribution in [0, 0.1) is 17.8 Å². The van der Waals surface area contributed by atoms with Crippen LogP contribution in [0.1, 0.15) is 44.0 Å². The quantitative estimate of drug-likeness (QED) is 0.848. The molecule has 7 nitrogen and oxygen atoms in total. The van der Waals surface area contributed by atoms with E-state index in [0.29, 0.717) is 25.3 Å². The maximum absolute atomic E-state index is 13.4. The van der Waals surface area contributed by atoms with Crippen LogP contribution >= 0.6 is 0 Å². The number of nitrogens with two attached hydrogens (primary N) is 1. The van der Waals surface area contributed by atoms with Gasteiger partial charge in [-0.15, -0.1) is 0 Å². The lowest BCUT2D eigenvalue weighted by Gasteiger charge is -2.39. The van der Waals surface area contributed by atoms with Gasteiger partial charge in [-0.2, -0.15) is 0 Å². The first kappa shape index (κ1) is 17.4. The summed E-state index contributed by atoms with van der Waals surface area (Å²) in [6.07, 6.45) is 8.49. The predicted octanol–water partition coefficient (Wildman–Crippen LogP) is 0.973. The highest BCUT2D eigenvalue weighted by Crippen LogP contribution is 2.36. The third kappa shape index (κ3) is 3.58. The highest BCUT2D eigenvalue weighted by atomic mass is 16.2. The van der Waals surface area contributed by atoms with Crippen molar-refractivity contribution in [3.63, 3.8) is 0 Å². The molecular formula is C19H27N5O2. The lowest BCUT2D eigenvalue weighted by Crippen LogP contribution is -2.52. The molecule has 3 fully saturated rings. The summed E-state index contributed by atoms with van der Waals surface area (Å²) < 4.78 is 0. The monoisotopic (exact) mass is 357 g/mol. The predicted molar refractivity (Wildman–Crippen MR) is 95.7 cm³/mol. The minimum Gasteiger partial charge on any atom is -0.369 e. The molecule has 2 saturated heterocycles. The van der Waals surface area contributed by atoms with Crippen LogP contribution in [0.25, 0.3) is 0 Å². The average Bonchev–Trinajstić information content (AvgIpc) is 3.33. The smallest absolute Gasteiger partial charge is 0.228 e. The molecule has 1 aromatic rings. The van der Waals surface area contributed by atoms with Gasteiger partial charge in [0.1, 0.15) is 0 Å². The van der Waals surface area contributed by atoms with Crippen molar-refractivity contribution in [3.05, 3.63) is 24.3 Å². The Hall–Kier alpha value is -2.02. The maximum Gasteiger partial charge on any atom is 0.228 e. The van der Waals surface area contributed by atoms with Crippen molar-refractivity contribution >= 4 is 11.8 Å². The zero-order valence-electron chi connectivity index (χ0n) is 15.1. The Morgan fingerprint density at radius 1 is 1.08 bits per heavy atom. The summed E-state index contributed by atoms with van der Waals surface area (Å²) >= 11 is 0. The Morgan fingerprint density at radius 2 is 1.85 bits per heavy atom. The van der Waals surface area contributed by atoms with Crippen molar-refractivity contribution in [1.29, 1.82) is 0 Å². The van der Waals surface area contributed by atoms with E-state index in [0.717, 1.165) is 31.8 Å². The molecule has 3 heterocycles. The summed E-state index contributed by atoms with van der Waals surface area (Å²) in [5.41, 5.74) is 5.65. The van der Waals surface area contributed by atoms with Gasteiger partial charge < -0.3 is 15.5 Å². The lowest BCUT2D eigenvalue weighted by molar-refractivity contribution is -0.145. The molecule has 2 N–H and O–H groups in total. The third-order valence-corrected chi connectivity index (χ3v) is 6.01. The number of nitrogens with zero attached hydrogens (tertiary/aromatic N) is 4. The van der Waals surface area contributed by atoms with E-state index >= 15 is 0 Å². The average molecular weight is 357 g/mol. The molecule has 140 valence electrons. The van der Waals surface area contributed by atoms with E-state index < -0.39 is 0 Å². The summed E-state index contributed by atoms with van der Waals surface area (Å²) in [6.45, 7) is 3.24. The second kappa shape index (κ2) is 7.31. The van der Waals surface area contributed by atoms with Crippen molar-refractivity contribution in [1.82, 2.24) is 19.8 Å². The van der Waals surface area contributed by atoms with Crippen molar-refractivity contribution in [2.24, 2.45) is 23.5 Å². The number of likely N-dealkylation sites (tertiary alicyclic amines) is 2. The lowest BCUT2D eigenvalue weighted by atomic mass is 9.83. The van der Waals surface area contributed by atoms with Crippen LogP contribution in [0.3, 0.4) is 0 Å². The molecule has 3 atom stereocenters. The molecule has 26 heavy (non-hydrogen) atoms. The van der Waals surface area contributed by atoms with Crippen molar-refractivity contribution in [2.75, 3.05) is 26.2 Å². The highest BCUT2D eigenvalue weighted by molar-refractivity contribution is 5.87. The number of amides is 2. The summed E-state index contributed by atoms with van der Waals surface area (Å²) in [5.74, 6) is 0.457. The van der Waals surface area contributed by atoms with Crippen LogP contribution in [0.5, 0.6) is 0 Å². The molecule has 0 radical (unpaired) electrons. The second-order valence-corrected chi connectivity index (χ2v) is 7.90. The van der Waals surface area contributed by atoms with Gasteiger partial charge in [0.25, 0.3) is 0 Å². The Bertz CT molecular complexity index is 663. The highest BCUT2D eigenvalue weighted by Gasteiger charge is 2.43. The summed E-state index contributed by atoms with van der Waals surface area (Å²) in [5, 5.41) is 0. The van der Waals surface area contributed by atoms with Gasteiger partial charge in [-0.25, -0.2) is 9.97 Å². The molecule has 4 rings (SSSR count). The first-order chi connectivity index (χ1) is 12.6. The van der Waals surface area contributed by atoms with Crippen LogP contribution in [-0.2, 0) is 9.59 Å². The second-order valence-electron chi connectivity index (χ2n) is 7.90. The fourth-order valence-corrected chi connectivity index (χ4v) is 4.44. The van der Waals surface area contributed by atoms with Crippen LogP contribution in [0.2, 0.25) is 0 Å². The number of rotatable bonds is 5. The molecule has 0 aromatic carbocycles. The number of primary amides is 1. The van der Waals surface area contributed by atoms with E-state index in [1.165, 1.54) is 12.8 Å². The van der Waals surface area contributed by atoms with Crippen molar-refractivity contribution in [3.8, 4) is 0 Å². The first-order valence-corrected chi connectivity index (χ1v) is 9.72. The van der Waals surface area contributed by atoms with Gasteiger partial charge in [-0.3, -0.25) is 9.59 Å². The Morgan fingerprint density at radius 3 is 2.54 bits per heavy atom. The molecular weight excluding hydrogens is 330 g/mol. The SMILES string of the molecule is NC(=O)[C@H]1CCN(CC2CC2)C[C@H]1C(=O)N1CCC[C@@H]1c1ncccn1. The molecule has 2 amide bonds. The van der Waals surface area contributed by atoms with E-state index in [9.17, 15) is 9.59 Å². The minimum absolute atomic E-state index is 0.0456. The minimum atomic E-state index is -0.365. The standard InChI is InChI=1S/C19H27N5O2/c20-17(25)14-6-10-23(11-13-4-5-13)12-15(14)19(26)24-9-1-3-16(24)18-21-7-2-8-22-18/h2,7-8,13-16H,1,3-6,9-12H2,(H2,20,25)/t14-,15+,16+/m0/s1. The Labute approximate surface area is 154 Å². The van der Waals surface area contributed by atoms with Crippen LogP contribution < -0.4 is 5.73 Å². The number of carbonyl (C=O) groups excluding carboxylic acids is 2. The zero-order valence-corrected chi connectivity index (χ0v) is 15.1. The topological polar surface area (TPSA) is 92.4 Å². The third-order valence-electron chi connectivity index (χ3n) is 6.01. The van der Waals surface area contributed by atoms with Gasteiger partial charge >= 0.3 is 0 Å². The molecule has 1 saturated carbocycles. The summed E-state index contributed by atoms with van der Waals surface area (Å²) in [7, 11) is 0. The zero-order chi connectivity index (χ0) is 18.1. The number of piperidine rings is 1. The van der Waals surface area contributed by atoms with E-state index in [1.54, 1.807) is 18.5 Å². The van der Waals surface area contributed by atoms with Crippen LogP contribution in [0.4, 0.5) is 0 Å². The number of hydrogen-bond acceptors (Lipinski definition) is 5. The van der Waals surface area contributed by atoms with Crippen LogP contribution in [0.15, 0.2) is 18.5 Å². The van der Waals surface area contributed by atoms with E-state index in [2.05, 4.69) is 14.9 Å². The van der Waals surface area contributed by atoms with E-state index in [4.69, 9.17) is 5.73 Å². The van der Waals surface area contributed by atoms with Gasteiger partial charge in [0.2, 0.25) is 11.8 Å². The van der Waals surface area contributed by atoms with Gasteiger partial charge in [-0.05, 0) is 50.6 Å². The molecule has 0 unspecified atom stereocenters. The number of hydrogen-bond donors (Lipinski definition) is 1. The Balaban J connectivity index is 1.51. The molecule has 7 heteroatoms. The van der Waals surface area contributed by atoms with E-state index in [-0.39, 0.29) is 29.7 Å². The van der Waals surface area contributed by atoms with Crippen LogP contribution in [-0.4, -0.2) is 57.8 Å². The van der Waals surface area contributed by atoms with Crippen molar-refractivity contribution < 1.29 is 9.59 Å². The van der Waals surface area contributed by atoms with Gasteiger partial charge in [0, 0.05) is 32.0 Å². The molecule has 3 aliphatic rings. The Kier molecular flexibility index (Phi) is 4.89. The van der Waals surface area contributed by atoms with E-state index in [1.807, 2.05) is 4.90 Å². The van der Waals surface area contributed by atoms with Crippen molar-refractivity contribution in [2.45, 2.75) is 38.1 Å². The number of carbonyl (C=O) groups is 2. The van der Waals surface area contributed by atoms with Gasteiger partial charge in [0.05, 0.1) is 17.9 Å². The number of aromatic nitrogens is 2. The summed E-state index contributed by atoms with van der Waals surface area (Å²) in [4.78, 5) is 38.3. The molecule has 0 spiro atoms. The normalized spacial score (nSPS) is 29.7. The molecule has 0 bridgehead atoms. The fourth-order valence-electron chi connectivity index (χ4n) is 4.44. The molecule has 1 aliphatic carbocycles. The maximum atomic E-state index is 13.4. The fraction of sp³-hybridized carbons (Fsp3) is 0.684. The largest absolute Gasteiger partial charge is 0.369 e. The molecule has 1 aromatic heterocycles.